The van der Waals surface area contributed by atoms with E-state index in [1.165, 1.54) is 18.3 Å². The average molecular weight is 339 g/mol. The highest BCUT2D eigenvalue weighted by Gasteiger charge is 2.30. The second kappa shape index (κ2) is 5.62. The van der Waals surface area contributed by atoms with Crippen LogP contribution < -0.4 is 5.32 Å². The molecule has 0 saturated carbocycles. The maximum Gasteiger partial charge on any atom is 0.416 e. The molecule has 3 nitrogen and oxygen atoms in total. The van der Waals surface area contributed by atoms with Gasteiger partial charge in [-0.15, -0.1) is 0 Å². The molecule has 23 heavy (non-hydrogen) atoms. The second-order valence-corrected chi connectivity index (χ2v) is 5.36. The van der Waals surface area contributed by atoms with E-state index in [-0.39, 0.29) is 5.69 Å². The number of hydrogen-bond donors (Lipinski definition) is 2. The smallest absolute Gasteiger partial charge is 0.360 e. The maximum atomic E-state index is 12.7. The number of rotatable bonds is 2. The monoisotopic (exact) mass is 338 g/mol. The van der Waals surface area contributed by atoms with Crippen LogP contribution in [0.4, 0.5) is 18.9 Å². The van der Waals surface area contributed by atoms with Crippen LogP contribution in [0, 0.1) is 0 Å². The Kier molecular flexibility index (Phi) is 3.77. The summed E-state index contributed by atoms with van der Waals surface area (Å²) in [5.41, 5.74) is 0.266. The Bertz CT molecular complexity index is 886. The SMILES string of the molecule is O=C(Nc1cccc(C(F)(F)F)c1)c1c[nH]c2ccc(Cl)cc12. The standard InChI is InChI=1S/C16H10ClF3N2O/c17-10-4-5-14-12(7-10)13(8-21-14)15(23)22-11-3-1-2-9(6-11)16(18,19)20/h1-8,21H,(H,22,23). The summed E-state index contributed by atoms with van der Waals surface area (Å²) < 4.78 is 38.1. The zero-order chi connectivity index (χ0) is 16.6. The van der Waals surface area contributed by atoms with Gasteiger partial charge in [0.2, 0.25) is 0 Å². The van der Waals surface area contributed by atoms with Crippen LogP contribution >= 0.6 is 11.6 Å². The van der Waals surface area contributed by atoms with E-state index in [1.807, 2.05) is 0 Å². The molecular formula is C16H10ClF3N2O. The fourth-order valence-electron chi connectivity index (χ4n) is 2.25. The number of H-pyrrole nitrogens is 1. The zero-order valence-corrected chi connectivity index (χ0v) is 12.3. The first-order valence-corrected chi connectivity index (χ1v) is 6.97. The van der Waals surface area contributed by atoms with Crippen LogP contribution in [0.1, 0.15) is 15.9 Å². The first-order chi connectivity index (χ1) is 10.8. The highest BCUT2D eigenvalue weighted by Crippen LogP contribution is 2.31. The molecule has 3 rings (SSSR count). The molecule has 0 radical (unpaired) electrons. The number of amides is 1. The Morgan fingerprint density at radius 2 is 1.91 bits per heavy atom. The summed E-state index contributed by atoms with van der Waals surface area (Å²) in [7, 11) is 0. The minimum absolute atomic E-state index is 0.0706. The summed E-state index contributed by atoms with van der Waals surface area (Å²) in [5, 5.41) is 3.53. The summed E-state index contributed by atoms with van der Waals surface area (Å²) in [6.45, 7) is 0. The summed E-state index contributed by atoms with van der Waals surface area (Å²) in [4.78, 5) is 15.2. The molecule has 0 aliphatic carbocycles. The molecular weight excluding hydrogens is 329 g/mol. The lowest BCUT2D eigenvalue weighted by Gasteiger charge is -2.09. The van der Waals surface area contributed by atoms with Crippen molar-refractivity contribution in [2.45, 2.75) is 6.18 Å². The summed E-state index contributed by atoms with van der Waals surface area (Å²) in [6, 6.07) is 9.49. The van der Waals surface area contributed by atoms with Gasteiger partial charge in [-0.25, -0.2) is 0 Å². The van der Waals surface area contributed by atoms with E-state index in [9.17, 15) is 18.0 Å². The molecule has 0 bridgehead atoms. The van der Waals surface area contributed by atoms with Gasteiger partial charge >= 0.3 is 6.18 Å². The molecule has 1 heterocycles. The van der Waals surface area contributed by atoms with Gasteiger partial charge in [-0.3, -0.25) is 4.79 Å². The summed E-state index contributed by atoms with van der Waals surface area (Å²) >= 11 is 5.91. The van der Waals surface area contributed by atoms with Gasteiger partial charge in [0.1, 0.15) is 0 Å². The fourth-order valence-corrected chi connectivity index (χ4v) is 2.42. The lowest BCUT2D eigenvalue weighted by atomic mass is 10.1. The lowest BCUT2D eigenvalue weighted by molar-refractivity contribution is -0.137. The van der Waals surface area contributed by atoms with Gasteiger partial charge in [-0.1, -0.05) is 17.7 Å². The van der Waals surface area contributed by atoms with E-state index in [1.54, 1.807) is 18.2 Å². The van der Waals surface area contributed by atoms with Crippen LogP contribution in [-0.2, 0) is 6.18 Å². The largest absolute Gasteiger partial charge is 0.416 e. The number of aromatic amines is 1. The zero-order valence-electron chi connectivity index (χ0n) is 11.5. The molecule has 118 valence electrons. The van der Waals surface area contributed by atoms with Gasteiger partial charge in [-0.2, -0.15) is 13.2 Å². The van der Waals surface area contributed by atoms with E-state index < -0.39 is 17.6 Å². The van der Waals surface area contributed by atoms with Crippen molar-refractivity contribution in [2.75, 3.05) is 5.32 Å². The minimum atomic E-state index is -4.46. The van der Waals surface area contributed by atoms with E-state index in [0.717, 1.165) is 12.1 Å². The third-order valence-electron chi connectivity index (χ3n) is 3.34. The van der Waals surface area contributed by atoms with Gasteiger partial charge in [0, 0.05) is 27.8 Å². The molecule has 0 fully saturated rings. The predicted molar refractivity (Wildman–Crippen MR) is 82.7 cm³/mol. The number of anilines is 1. The quantitative estimate of drug-likeness (QED) is 0.671. The van der Waals surface area contributed by atoms with Crippen molar-refractivity contribution in [1.82, 2.24) is 4.98 Å². The van der Waals surface area contributed by atoms with E-state index in [0.29, 0.717) is 21.5 Å². The summed E-state index contributed by atoms with van der Waals surface area (Å²) in [5.74, 6) is -0.516. The number of carbonyl (C=O) groups excluding carboxylic acids is 1. The molecule has 2 aromatic carbocycles. The van der Waals surface area contributed by atoms with Crippen LogP contribution in [0.25, 0.3) is 10.9 Å². The number of fused-ring (bicyclic) bond motifs is 1. The minimum Gasteiger partial charge on any atom is -0.360 e. The van der Waals surface area contributed by atoms with E-state index in [4.69, 9.17) is 11.6 Å². The molecule has 0 unspecified atom stereocenters. The molecule has 1 aromatic heterocycles. The number of hydrogen-bond acceptors (Lipinski definition) is 1. The molecule has 0 spiro atoms. The van der Waals surface area contributed by atoms with Crippen LogP contribution in [0.15, 0.2) is 48.7 Å². The van der Waals surface area contributed by atoms with Crippen molar-refractivity contribution in [1.29, 1.82) is 0 Å². The Hall–Kier alpha value is -2.47. The first kappa shape index (κ1) is 15.4. The predicted octanol–water partition coefficient (Wildman–Crippen LogP) is 5.09. The van der Waals surface area contributed by atoms with Crippen LogP contribution in [-0.4, -0.2) is 10.9 Å². The Balaban J connectivity index is 1.91. The third-order valence-corrected chi connectivity index (χ3v) is 3.57. The van der Waals surface area contributed by atoms with Gasteiger partial charge in [-0.05, 0) is 36.4 Å². The number of carbonyl (C=O) groups is 1. The van der Waals surface area contributed by atoms with Crippen LogP contribution in [0.5, 0.6) is 0 Å². The first-order valence-electron chi connectivity index (χ1n) is 6.60. The molecule has 7 heteroatoms. The number of alkyl halides is 3. The van der Waals surface area contributed by atoms with Crippen molar-refractivity contribution in [2.24, 2.45) is 0 Å². The lowest BCUT2D eigenvalue weighted by Crippen LogP contribution is -2.12. The Morgan fingerprint density at radius 3 is 2.65 bits per heavy atom. The normalized spacial score (nSPS) is 11.7. The van der Waals surface area contributed by atoms with Crippen LogP contribution in [0.2, 0.25) is 5.02 Å². The number of halogens is 4. The van der Waals surface area contributed by atoms with Crippen molar-refractivity contribution < 1.29 is 18.0 Å². The van der Waals surface area contributed by atoms with Gasteiger partial charge in [0.05, 0.1) is 11.1 Å². The van der Waals surface area contributed by atoms with Gasteiger partial charge in [0.15, 0.2) is 0 Å². The molecule has 2 N–H and O–H groups in total. The van der Waals surface area contributed by atoms with Gasteiger partial charge < -0.3 is 10.3 Å². The molecule has 0 aliphatic rings. The van der Waals surface area contributed by atoms with Crippen molar-refractivity contribution in [3.63, 3.8) is 0 Å². The van der Waals surface area contributed by atoms with Crippen molar-refractivity contribution >= 4 is 34.1 Å². The second-order valence-electron chi connectivity index (χ2n) is 4.92. The third kappa shape index (κ3) is 3.17. The Labute approximate surface area is 134 Å². The number of benzene rings is 2. The van der Waals surface area contributed by atoms with Gasteiger partial charge in [0.25, 0.3) is 5.91 Å². The molecule has 0 aliphatic heterocycles. The summed E-state index contributed by atoms with van der Waals surface area (Å²) in [6.07, 6.45) is -2.97. The van der Waals surface area contributed by atoms with Crippen LogP contribution in [0.3, 0.4) is 0 Å². The maximum absolute atomic E-state index is 12.7. The molecule has 0 saturated heterocycles. The fraction of sp³-hybridized carbons (Fsp3) is 0.0625. The molecule has 1 amide bonds. The number of nitrogens with one attached hydrogen (secondary N) is 2. The van der Waals surface area contributed by atoms with E-state index >= 15 is 0 Å². The van der Waals surface area contributed by atoms with Crippen molar-refractivity contribution in [3.05, 3.63) is 64.8 Å². The Morgan fingerprint density at radius 1 is 1.13 bits per heavy atom. The average Bonchev–Trinajstić information content (AvgIpc) is 2.89. The molecule has 3 aromatic rings. The number of aromatic nitrogens is 1. The van der Waals surface area contributed by atoms with Crippen molar-refractivity contribution in [3.8, 4) is 0 Å². The topological polar surface area (TPSA) is 44.9 Å². The highest BCUT2D eigenvalue weighted by molar-refractivity contribution is 6.31. The molecule has 0 atom stereocenters. The van der Waals surface area contributed by atoms with E-state index in [2.05, 4.69) is 10.3 Å². The highest BCUT2D eigenvalue weighted by atomic mass is 35.5.